The number of nitrogens with one attached hydrogen (secondary N) is 2. The first-order chi connectivity index (χ1) is 26.7. The Morgan fingerprint density at radius 2 is 1.21 bits per heavy atom. The van der Waals surface area contributed by atoms with Gasteiger partial charge >= 0.3 is 5.97 Å². The van der Waals surface area contributed by atoms with Gasteiger partial charge in [-0.15, -0.1) is 0 Å². The Morgan fingerprint density at radius 1 is 0.684 bits per heavy atom. The first kappa shape index (κ1) is 47.3. The van der Waals surface area contributed by atoms with Crippen LogP contribution in [-0.4, -0.2) is 244 Å². The summed E-state index contributed by atoms with van der Waals surface area (Å²) in [5.41, 5.74) is 0. The Hall–Kier alpha value is -2.39. The monoisotopic (exact) mass is 836 g/mol. The molecule has 0 bridgehead atoms. The summed E-state index contributed by atoms with van der Waals surface area (Å²) in [6.45, 7) is -2.02. The first-order valence-electron chi connectivity index (χ1n) is 17.7. The van der Waals surface area contributed by atoms with E-state index >= 15 is 0 Å². The van der Waals surface area contributed by atoms with Gasteiger partial charge in [0.05, 0.1) is 38.6 Å². The molecule has 4 fully saturated rings. The van der Waals surface area contributed by atoms with Crippen molar-refractivity contribution in [3.63, 3.8) is 0 Å². The fourth-order valence-electron chi connectivity index (χ4n) is 7.05. The molecule has 4 aliphatic heterocycles. The zero-order chi connectivity index (χ0) is 42.7. The van der Waals surface area contributed by atoms with Crippen LogP contribution in [0.15, 0.2) is 0 Å². The molecule has 4 heterocycles. The lowest BCUT2D eigenvalue weighted by molar-refractivity contribution is -0.385. The molecule has 57 heavy (non-hydrogen) atoms. The maximum Gasteiger partial charge on any atom is 0.364 e. The molecule has 0 spiro atoms. The lowest BCUT2D eigenvalue weighted by atomic mass is 9.88. The highest BCUT2D eigenvalue weighted by atomic mass is 16.8. The summed E-state index contributed by atoms with van der Waals surface area (Å²) in [5.74, 6) is -6.79. The predicted octanol–water partition coefficient (Wildman–Crippen LogP) is -10.3. The molecule has 4 rings (SSSR count). The van der Waals surface area contributed by atoms with Crippen molar-refractivity contribution >= 4 is 17.8 Å². The molecule has 0 aliphatic carbocycles. The van der Waals surface area contributed by atoms with Crippen LogP contribution in [0.2, 0.25) is 0 Å². The van der Waals surface area contributed by atoms with Crippen molar-refractivity contribution in [2.75, 3.05) is 26.4 Å². The molecule has 0 unspecified atom stereocenters. The van der Waals surface area contributed by atoms with E-state index in [0.717, 1.165) is 13.8 Å². The van der Waals surface area contributed by atoms with Gasteiger partial charge in [-0.1, -0.05) is 0 Å². The third kappa shape index (κ3) is 10.2. The zero-order valence-corrected chi connectivity index (χ0v) is 30.4. The molecule has 0 radical (unpaired) electrons. The average molecular weight is 837 g/mol. The Labute approximate surface area is 322 Å². The normalized spacial score (nSPS) is 45.1. The number of carboxylic acid groups (broad SMARTS) is 1. The maximum atomic E-state index is 12.8. The number of aliphatic carboxylic acids is 1. The number of aliphatic hydroxyl groups excluding tert-OH is 13. The minimum atomic E-state index is -3.13. The molecule has 0 saturated carbocycles. The smallest absolute Gasteiger partial charge is 0.364 e. The van der Waals surface area contributed by atoms with Crippen LogP contribution in [0.5, 0.6) is 0 Å². The standard InChI is InChI=1S/C31H52N2O24/c1-8(38)32-15-10(40)3-31(30(49)50,56-25(15)17(42)11(41)4-34)57-26-19(44)13(6-36)53-29(22(26)47)55-24-16(33-9(2)39)28(52-12(5-35)18(24)43)54-23-14(7-37)51-27(48)21(46)20(23)45/h10-29,34-37,40-48H,3-7H2,1-2H3,(H,32,38)(H,33,39)(H,49,50)/t10-,11+,12+,13+,14+,15+,16+,17+,18-,19-,20+,21+,22+,23+,24+,25+,26-,27+,28-,29-,31-/m0/s1. The summed E-state index contributed by atoms with van der Waals surface area (Å²) in [4.78, 5) is 37.2. The molecule has 26 heteroatoms. The van der Waals surface area contributed by atoms with Gasteiger partial charge in [0.25, 0.3) is 5.79 Å². The topological polar surface area (TPSA) is 423 Å². The van der Waals surface area contributed by atoms with E-state index in [2.05, 4.69) is 10.6 Å². The summed E-state index contributed by atoms with van der Waals surface area (Å²) in [7, 11) is 0. The second-order valence-corrected chi connectivity index (χ2v) is 14.0. The van der Waals surface area contributed by atoms with Crippen molar-refractivity contribution in [2.45, 2.75) is 149 Å². The third-order valence-corrected chi connectivity index (χ3v) is 9.98. The highest BCUT2D eigenvalue weighted by molar-refractivity contribution is 5.76. The highest BCUT2D eigenvalue weighted by Crippen LogP contribution is 2.39. The van der Waals surface area contributed by atoms with Crippen LogP contribution in [0, 0.1) is 0 Å². The van der Waals surface area contributed by atoms with Crippen LogP contribution >= 0.6 is 0 Å². The molecule has 16 N–H and O–H groups in total. The number of hydrogen-bond donors (Lipinski definition) is 16. The van der Waals surface area contributed by atoms with Crippen LogP contribution in [0.25, 0.3) is 0 Å². The fraction of sp³-hybridized carbons (Fsp3) is 0.903. The molecule has 0 aromatic carbocycles. The third-order valence-electron chi connectivity index (χ3n) is 9.98. The largest absolute Gasteiger partial charge is 0.477 e. The molecule has 4 aliphatic rings. The first-order valence-corrected chi connectivity index (χ1v) is 17.7. The molecular weight excluding hydrogens is 784 g/mol. The summed E-state index contributed by atoms with van der Waals surface area (Å²) in [6.07, 6.45) is -36.4. The van der Waals surface area contributed by atoms with E-state index in [0.29, 0.717) is 0 Å². The van der Waals surface area contributed by atoms with E-state index in [-0.39, 0.29) is 0 Å². The van der Waals surface area contributed by atoms with Crippen molar-refractivity contribution in [3.8, 4) is 0 Å². The van der Waals surface area contributed by atoms with Gasteiger partial charge in [0.15, 0.2) is 18.9 Å². The molecule has 26 nitrogen and oxygen atoms in total. The Balaban J connectivity index is 1.69. The van der Waals surface area contributed by atoms with Gasteiger partial charge in [-0.3, -0.25) is 9.59 Å². The van der Waals surface area contributed by atoms with E-state index in [1.807, 2.05) is 0 Å². The summed E-state index contributed by atoms with van der Waals surface area (Å²) in [6, 6.07) is -3.32. The molecular formula is C31H52N2O24. The fourth-order valence-corrected chi connectivity index (χ4v) is 7.05. The van der Waals surface area contributed by atoms with E-state index in [1.165, 1.54) is 0 Å². The van der Waals surface area contributed by atoms with Crippen molar-refractivity contribution in [2.24, 2.45) is 0 Å². The molecule has 21 atom stereocenters. The van der Waals surface area contributed by atoms with Gasteiger partial charge in [-0.05, 0) is 0 Å². The van der Waals surface area contributed by atoms with E-state index < -0.39 is 179 Å². The number of carboxylic acids is 1. The number of rotatable bonds is 15. The predicted molar refractivity (Wildman–Crippen MR) is 174 cm³/mol. The lowest BCUT2D eigenvalue weighted by Gasteiger charge is -2.51. The number of hydrogen-bond acceptors (Lipinski definition) is 23. The Bertz CT molecular complexity index is 1350. The zero-order valence-electron chi connectivity index (χ0n) is 30.4. The SMILES string of the molecule is CC(=O)N[C@H]1[C@H](O[C@H]2[C@H](O)[C@@H](O)[C@H](O)O[C@@H]2CO)O[C@H](CO)[C@H](O)[C@@H]1O[C@@H]1O[C@H](CO)[C@H](O)[C@H](O[C@]2(C(=O)O)C[C@H](O)[C@@H](NC(C)=O)[C@H]([C@H](O)[C@H](O)CO)O2)[C@H]1O. The van der Waals surface area contributed by atoms with Crippen LogP contribution in [0.3, 0.4) is 0 Å². The molecule has 2 amide bonds. The van der Waals surface area contributed by atoms with Gasteiger partial charge in [0, 0.05) is 20.3 Å². The van der Waals surface area contributed by atoms with E-state index in [1.54, 1.807) is 0 Å². The van der Waals surface area contributed by atoms with Crippen LogP contribution < -0.4 is 10.6 Å². The summed E-state index contributed by atoms with van der Waals surface area (Å²) >= 11 is 0. The maximum absolute atomic E-state index is 12.8. The molecule has 0 aromatic heterocycles. The van der Waals surface area contributed by atoms with Gasteiger partial charge in [0.2, 0.25) is 11.8 Å². The summed E-state index contributed by atoms with van der Waals surface area (Å²) < 4.78 is 39.2. The highest BCUT2D eigenvalue weighted by Gasteiger charge is 2.60. The van der Waals surface area contributed by atoms with E-state index in [4.69, 9.17) is 33.2 Å². The van der Waals surface area contributed by atoms with Crippen molar-refractivity contribution < 1.29 is 119 Å². The van der Waals surface area contributed by atoms with Crippen LogP contribution in [-0.2, 0) is 47.5 Å². The van der Waals surface area contributed by atoms with Gasteiger partial charge in [0.1, 0.15) is 91.5 Å². The lowest BCUT2D eigenvalue weighted by Crippen LogP contribution is -2.71. The van der Waals surface area contributed by atoms with Crippen LogP contribution in [0.4, 0.5) is 0 Å². The number of ether oxygens (including phenoxy) is 7. The molecule has 330 valence electrons. The molecule has 4 saturated heterocycles. The van der Waals surface area contributed by atoms with Gasteiger partial charge in [-0.25, -0.2) is 4.79 Å². The minimum absolute atomic E-state index is 0.792. The number of carbonyl (C=O) groups is 3. The summed E-state index contributed by atoms with van der Waals surface area (Å²) in [5, 5.41) is 151. The van der Waals surface area contributed by atoms with E-state index in [9.17, 15) is 85.9 Å². The number of amides is 2. The van der Waals surface area contributed by atoms with Crippen molar-refractivity contribution in [1.29, 1.82) is 0 Å². The van der Waals surface area contributed by atoms with Crippen molar-refractivity contribution in [1.82, 2.24) is 10.6 Å². The second kappa shape index (κ2) is 19.8. The minimum Gasteiger partial charge on any atom is -0.477 e. The molecule has 0 aromatic rings. The second-order valence-electron chi connectivity index (χ2n) is 14.0. The van der Waals surface area contributed by atoms with Gasteiger partial charge < -0.3 is 115 Å². The van der Waals surface area contributed by atoms with Crippen molar-refractivity contribution in [3.05, 3.63) is 0 Å². The quantitative estimate of drug-likeness (QED) is 0.0728. The number of aliphatic hydroxyl groups is 13. The van der Waals surface area contributed by atoms with Crippen LogP contribution in [0.1, 0.15) is 20.3 Å². The Morgan fingerprint density at radius 3 is 1.74 bits per heavy atom. The Kier molecular flexibility index (Phi) is 16.4. The van der Waals surface area contributed by atoms with Gasteiger partial charge in [-0.2, -0.15) is 0 Å². The number of carbonyl (C=O) groups excluding carboxylic acids is 2. The average Bonchev–Trinajstić information content (AvgIpc) is 3.16.